The highest BCUT2D eigenvalue weighted by atomic mass is 32.1. The van der Waals surface area contributed by atoms with Crippen LogP contribution in [-0.4, -0.2) is 24.4 Å². The third-order valence-corrected chi connectivity index (χ3v) is 4.55. The lowest BCUT2D eigenvalue weighted by Gasteiger charge is -2.12. The number of esters is 1. The lowest BCUT2D eigenvalue weighted by molar-refractivity contribution is -0.119. The van der Waals surface area contributed by atoms with Gasteiger partial charge in [-0.1, -0.05) is 30.3 Å². The van der Waals surface area contributed by atoms with Crippen LogP contribution in [0.1, 0.15) is 20.7 Å². The van der Waals surface area contributed by atoms with E-state index in [1.807, 2.05) is 30.3 Å². The summed E-state index contributed by atoms with van der Waals surface area (Å²) in [5.74, 6) is -1.85. The Kier molecular flexibility index (Phi) is 6.03. The zero-order chi connectivity index (χ0) is 19.9. The van der Waals surface area contributed by atoms with Crippen LogP contribution in [0.3, 0.4) is 0 Å². The van der Waals surface area contributed by atoms with Gasteiger partial charge in [0, 0.05) is 5.69 Å². The lowest BCUT2D eigenvalue weighted by atomic mass is 10.1. The molecule has 7 nitrogen and oxygen atoms in total. The second kappa shape index (κ2) is 8.83. The van der Waals surface area contributed by atoms with E-state index in [0.29, 0.717) is 16.3 Å². The predicted molar refractivity (Wildman–Crippen MR) is 108 cm³/mol. The number of benzene rings is 2. The van der Waals surface area contributed by atoms with E-state index >= 15 is 0 Å². The molecule has 0 aliphatic carbocycles. The van der Waals surface area contributed by atoms with Crippen molar-refractivity contribution in [2.24, 2.45) is 5.73 Å². The minimum Gasteiger partial charge on any atom is -0.452 e. The molecule has 0 saturated carbocycles. The molecule has 1 heterocycles. The molecule has 0 radical (unpaired) electrons. The highest BCUT2D eigenvalue weighted by Gasteiger charge is 2.16. The molecule has 8 heteroatoms. The number of para-hydroxylation sites is 2. The molecule has 0 unspecified atom stereocenters. The lowest BCUT2D eigenvalue weighted by Crippen LogP contribution is -2.22. The number of amides is 2. The largest absolute Gasteiger partial charge is 0.452 e. The van der Waals surface area contributed by atoms with Gasteiger partial charge in [0.1, 0.15) is 5.00 Å². The molecule has 1 aromatic heterocycles. The smallest absolute Gasteiger partial charge is 0.340 e. The first-order chi connectivity index (χ1) is 13.5. The van der Waals surface area contributed by atoms with Crippen molar-refractivity contribution < 1.29 is 19.1 Å². The van der Waals surface area contributed by atoms with E-state index in [-0.39, 0.29) is 5.56 Å². The van der Waals surface area contributed by atoms with E-state index in [9.17, 15) is 14.4 Å². The van der Waals surface area contributed by atoms with Gasteiger partial charge in [0.15, 0.2) is 6.61 Å². The maximum atomic E-state index is 12.4. The van der Waals surface area contributed by atoms with Crippen LogP contribution in [0.4, 0.5) is 16.4 Å². The first-order valence-electron chi connectivity index (χ1n) is 8.30. The summed E-state index contributed by atoms with van der Waals surface area (Å²) in [6, 6.07) is 17.7. The average molecular weight is 395 g/mol. The number of hydrogen-bond acceptors (Lipinski definition) is 6. The number of ether oxygens (including phenoxy) is 1. The Morgan fingerprint density at radius 1 is 0.929 bits per heavy atom. The summed E-state index contributed by atoms with van der Waals surface area (Å²) in [5, 5.41) is 7.62. The van der Waals surface area contributed by atoms with E-state index in [2.05, 4.69) is 10.6 Å². The molecule has 0 spiro atoms. The molecule has 0 aliphatic heterocycles. The molecule has 3 rings (SSSR count). The van der Waals surface area contributed by atoms with Crippen LogP contribution >= 0.6 is 11.3 Å². The summed E-state index contributed by atoms with van der Waals surface area (Å²) in [5.41, 5.74) is 7.13. The van der Waals surface area contributed by atoms with Crippen LogP contribution in [0.2, 0.25) is 0 Å². The van der Waals surface area contributed by atoms with Crippen molar-refractivity contribution in [3.05, 3.63) is 77.2 Å². The third-order valence-electron chi connectivity index (χ3n) is 3.72. The fraction of sp³-hybridized carbons (Fsp3) is 0.0500. The Hall–Kier alpha value is -3.65. The Morgan fingerprint density at radius 2 is 1.64 bits per heavy atom. The Morgan fingerprint density at radius 3 is 2.39 bits per heavy atom. The third kappa shape index (κ3) is 4.74. The molecule has 0 atom stereocenters. The predicted octanol–water partition coefficient (Wildman–Crippen LogP) is 3.39. The fourth-order valence-electron chi connectivity index (χ4n) is 2.42. The first kappa shape index (κ1) is 19.1. The topological polar surface area (TPSA) is 111 Å². The molecule has 4 N–H and O–H groups in total. The van der Waals surface area contributed by atoms with Crippen molar-refractivity contribution in [3.63, 3.8) is 0 Å². The molecule has 3 aromatic rings. The Bertz CT molecular complexity index is 1000. The Labute approximate surface area is 165 Å². The number of carbonyl (C=O) groups excluding carboxylic acids is 3. The molecular weight excluding hydrogens is 378 g/mol. The van der Waals surface area contributed by atoms with Crippen molar-refractivity contribution >= 4 is 45.5 Å². The number of hydrogen-bond donors (Lipinski definition) is 3. The molecular formula is C20H17N3O4S. The van der Waals surface area contributed by atoms with Gasteiger partial charge in [-0.15, -0.1) is 11.3 Å². The highest BCUT2D eigenvalue weighted by molar-refractivity contribution is 7.14. The maximum Gasteiger partial charge on any atom is 0.340 e. The van der Waals surface area contributed by atoms with Crippen molar-refractivity contribution in [3.8, 4) is 0 Å². The zero-order valence-corrected chi connectivity index (χ0v) is 15.5. The van der Waals surface area contributed by atoms with Gasteiger partial charge in [-0.05, 0) is 35.7 Å². The van der Waals surface area contributed by atoms with Gasteiger partial charge in [-0.3, -0.25) is 9.59 Å². The molecule has 28 heavy (non-hydrogen) atoms. The number of thiophene rings is 1. The molecule has 0 aliphatic rings. The van der Waals surface area contributed by atoms with Gasteiger partial charge in [-0.25, -0.2) is 4.79 Å². The minimum atomic E-state index is -0.644. The van der Waals surface area contributed by atoms with Crippen molar-refractivity contribution in [2.75, 3.05) is 17.2 Å². The van der Waals surface area contributed by atoms with Crippen molar-refractivity contribution in [1.29, 1.82) is 0 Å². The summed E-state index contributed by atoms with van der Waals surface area (Å²) in [7, 11) is 0. The summed E-state index contributed by atoms with van der Waals surface area (Å²) < 4.78 is 5.11. The molecule has 142 valence electrons. The van der Waals surface area contributed by atoms with Crippen LogP contribution in [-0.2, 0) is 9.53 Å². The summed E-state index contributed by atoms with van der Waals surface area (Å²) in [4.78, 5) is 35.8. The number of nitrogens with one attached hydrogen (secondary N) is 2. The SMILES string of the molecule is NC(=O)c1ccsc1NC(=O)COC(=O)c1ccccc1Nc1ccccc1. The molecule has 0 fully saturated rings. The van der Waals surface area contributed by atoms with E-state index < -0.39 is 24.4 Å². The standard InChI is InChI=1S/C20H17N3O4S/c21-18(25)15-10-11-28-19(15)23-17(24)12-27-20(26)14-8-4-5-9-16(14)22-13-6-2-1-3-7-13/h1-11,22H,12H2,(H2,21,25)(H,23,24). The summed E-state index contributed by atoms with van der Waals surface area (Å²) in [6.45, 7) is -0.491. The van der Waals surface area contributed by atoms with Crippen LogP contribution in [0.15, 0.2) is 66.0 Å². The van der Waals surface area contributed by atoms with Crippen LogP contribution < -0.4 is 16.4 Å². The number of anilines is 3. The van der Waals surface area contributed by atoms with Gasteiger partial charge in [-0.2, -0.15) is 0 Å². The zero-order valence-electron chi connectivity index (χ0n) is 14.7. The Balaban J connectivity index is 1.63. The van der Waals surface area contributed by atoms with Gasteiger partial charge < -0.3 is 21.1 Å². The molecule has 2 aromatic carbocycles. The second-order valence-electron chi connectivity index (χ2n) is 5.69. The normalized spacial score (nSPS) is 10.1. The monoisotopic (exact) mass is 395 g/mol. The van der Waals surface area contributed by atoms with Gasteiger partial charge in [0.2, 0.25) is 0 Å². The highest BCUT2D eigenvalue weighted by Crippen LogP contribution is 2.23. The number of primary amides is 1. The quantitative estimate of drug-likeness (QED) is 0.531. The second-order valence-corrected chi connectivity index (χ2v) is 6.60. The van der Waals surface area contributed by atoms with E-state index in [1.165, 1.54) is 6.07 Å². The van der Waals surface area contributed by atoms with Crippen molar-refractivity contribution in [1.82, 2.24) is 0 Å². The minimum absolute atomic E-state index is 0.210. The summed E-state index contributed by atoms with van der Waals surface area (Å²) >= 11 is 1.16. The fourth-order valence-corrected chi connectivity index (χ4v) is 3.23. The average Bonchev–Trinajstić information content (AvgIpc) is 3.16. The molecule has 0 bridgehead atoms. The van der Waals surface area contributed by atoms with E-state index in [0.717, 1.165) is 17.0 Å². The number of nitrogens with two attached hydrogens (primary N) is 1. The number of carbonyl (C=O) groups is 3. The number of rotatable bonds is 7. The van der Waals surface area contributed by atoms with Crippen molar-refractivity contribution in [2.45, 2.75) is 0 Å². The van der Waals surface area contributed by atoms with E-state index in [1.54, 1.807) is 29.6 Å². The van der Waals surface area contributed by atoms with Gasteiger partial charge >= 0.3 is 5.97 Å². The maximum absolute atomic E-state index is 12.4. The first-order valence-corrected chi connectivity index (χ1v) is 9.18. The van der Waals surface area contributed by atoms with Gasteiger partial charge in [0.05, 0.1) is 16.8 Å². The summed E-state index contributed by atoms with van der Waals surface area (Å²) in [6.07, 6.45) is 0. The van der Waals surface area contributed by atoms with Gasteiger partial charge in [0.25, 0.3) is 11.8 Å². The van der Waals surface area contributed by atoms with Crippen LogP contribution in [0.5, 0.6) is 0 Å². The van der Waals surface area contributed by atoms with Crippen LogP contribution in [0, 0.1) is 0 Å². The molecule has 2 amide bonds. The van der Waals surface area contributed by atoms with Crippen LogP contribution in [0.25, 0.3) is 0 Å². The molecule has 0 saturated heterocycles. The van der Waals surface area contributed by atoms with E-state index in [4.69, 9.17) is 10.5 Å².